The van der Waals surface area contributed by atoms with Crippen molar-refractivity contribution in [2.75, 3.05) is 6.54 Å². The predicted octanol–water partition coefficient (Wildman–Crippen LogP) is 2.84. The third kappa shape index (κ3) is 3.68. The monoisotopic (exact) mass is 476 g/mol. The molecule has 2 rings (SSSR count). The fourth-order valence-corrected chi connectivity index (χ4v) is 3.18. The number of halogens is 5. The number of amides is 2. The smallest absolute Gasteiger partial charge is 0.344 e. The lowest BCUT2D eigenvalue weighted by molar-refractivity contribution is -0.139. The maximum Gasteiger partial charge on any atom is 0.405 e. The Labute approximate surface area is 140 Å². The molecule has 21 heavy (non-hydrogen) atoms. The van der Waals surface area contributed by atoms with Crippen molar-refractivity contribution in [2.24, 2.45) is 0 Å². The summed E-state index contributed by atoms with van der Waals surface area (Å²) >= 11 is 4.92. The number of hydrogen-bond donors (Lipinski definition) is 1. The van der Waals surface area contributed by atoms with Gasteiger partial charge in [0.15, 0.2) is 4.05 Å². The molecule has 1 aromatic carbocycles. The minimum atomic E-state index is -4.48. The van der Waals surface area contributed by atoms with E-state index in [0.717, 1.165) is 5.56 Å². The molecule has 1 heterocycles. The van der Waals surface area contributed by atoms with E-state index < -0.39 is 22.7 Å². The Bertz CT molecular complexity index is 594. The van der Waals surface area contributed by atoms with Gasteiger partial charge in [0.05, 0.1) is 5.56 Å². The Morgan fingerprint density at radius 2 is 2.14 bits per heavy atom. The summed E-state index contributed by atoms with van der Waals surface area (Å²) in [5.74, 6) is -1.22. The van der Waals surface area contributed by atoms with Crippen molar-refractivity contribution < 1.29 is 22.8 Å². The molecule has 0 radical (unpaired) electrons. The normalized spacial score (nSPS) is 15.9. The summed E-state index contributed by atoms with van der Waals surface area (Å²) < 4.78 is 35.9. The summed E-state index contributed by atoms with van der Waals surface area (Å²) in [7, 11) is 0. The van der Waals surface area contributed by atoms with Crippen molar-refractivity contribution in [3.8, 4) is 0 Å². The van der Waals surface area contributed by atoms with Gasteiger partial charge < -0.3 is 10.2 Å². The topological polar surface area (TPSA) is 49.4 Å². The first-order valence-corrected chi connectivity index (χ1v) is 7.81. The lowest BCUT2D eigenvalue weighted by Crippen LogP contribution is -2.45. The van der Waals surface area contributed by atoms with Crippen LogP contribution >= 0.6 is 38.5 Å². The number of carbonyl (C=O) groups excluding carboxylic acids is 2. The maximum atomic E-state index is 12.3. The molecule has 1 unspecified atom stereocenters. The van der Waals surface area contributed by atoms with Gasteiger partial charge in [-0.25, -0.2) is 0 Å². The average molecular weight is 477 g/mol. The Hall–Kier alpha value is -0.840. The van der Waals surface area contributed by atoms with Crippen LogP contribution in [0.1, 0.15) is 15.9 Å². The van der Waals surface area contributed by atoms with Crippen LogP contribution in [-0.2, 0) is 11.3 Å². The zero-order valence-electron chi connectivity index (χ0n) is 10.4. The van der Waals surface area contributed by atoms with Crippen molar-refractivity contribution in [2.45, 2.75) is 16.8 Å². The van der Waals surface area contributed by atoms with Gasteiger partial charge in [-0.05, 0) is 50.2 Å². The number of carbonyl (C=O) groups is 2. The molecule has 1 N–H and O–H groups in total. The van der Waals surface area contributed by atoms with Gasteiger partial charge in [0.1, 0.15) is 6.54 Å². The Morgan fingerprint density at radius 3 is 2.71 bits per heavy atom. The van der Waals surface area contributed by atoms with Gasteiger partial charge in [0.25, 0.3) is 11.8 Å². The third-order valence-corrected chi connectivity index (χ3v) is 4.77. The minimum Gasteiger partial charge on any atom is -0.344 e. The zero-order valence-corrected chi connectivity index (χ0v) is 14.1. The molecule has 4 nitrogen and oxygen atoms in total. The van der Waals surface area contributed by atoms with Crippen LogP contribution in [-0.4, -0.2) is 33.5 Å². The molecule has 0 saturated carbocycles. The molecule has 0 aromatic heterocycles. The largest absolute Gasteiger partial charge is 0.405 e. The molecule has 0 spiro atoms. The summed E-state index contributed by atoms with van der Waals surface area (Å²) in [6.45, 7) is -1.22. The van der Waals surface area contributed by atoms with Crippen LogP contribution in [0.5, 0.6) is 0 Å². The van der Waals surface area contributed by atoms with E-state index in [-0.39, 0.29) is 12.5 Å². The lowest BCUT2D eigenvalue weighted by Gasteiger charge is -2.22. The van der Waals surface area contributed by atoms with E-state index in [4.69, 9.17) is 0 Å². The summed E-state index contributed by atoms with van der Waals surface area (Å²) in [4.78, 5) is 25.2. The van der Waals surface area contributed by atoms with Crippen LogP contribution in [0.3, 0.4) is 0 Å². The summed E-state index contributed by atoms with van der Waals surface area (Å²) in [5.41, 5.74) is 1.18. The molecule has 1 aromatic rings. The number of nitrogens with zero attached hydrogens (tertiary/aromatic N) is 1. The first kappa shape index (κ1) is 16.5. The van der Waals surface area contributed by atoms with E-state index in [1.807, 2.05) is 0 Å². The number of nitrogens with one attached hydrogen (secondary N) is 1. The molecule has 0 fully saturated rings. The Balaban J connectivity index is 2.09. The van der Waals surface area contributed by atoms with E-state index in [2.05, 4.69) is 15.9 Å². The van der Waals surface area contributed by atoms with Crippen molar-refractivity contribution in [3.05, 3.63) is 33.8 Å². The fourth-order valence-electron chi connectivity index (χ4n) is 1.94. The maximum absolute atomic E-state index is 12.3. The molecule has 114 valence electrons. The second kappa shape index (κ2) is 6.11. The second-order valence-electron chi connectivity index (χ2n) is 4.38. The first-order chi connectivity index (χ1) is 9.70. The second-order valence-corrected chi connectivity index (χ2v) is 6.41. The van der Waals surface area contributed by atoms with Gasteiger partial charge in [-0.1, -0.05) is 12.1 Å². The first-order valence-electron chi connectivity index (χ1n) is 5.77. The van der Waals surface area contributed by atoms with E-state index in [1.54, 1.807) is 46.1 Å². The summed E-state index contributed by atoms with van der Waals surface area (Å²) in [6.07, 6.45) is -4.48. The summed E-state index contributed by atoms with van der Waals surface area (Å²) in [6, 6.07) is 5.20. The number of hydrogen-bond acceptors (Lipinski definition) is 2. The average Bonchev–Trinajstić information content (AvgIpc) is 2.73. The highest BCUT2D eigenvalue weighted by Crippen LogP contribution is 2.31. The van der Waals surface area contributed by atoms with Gasteiger partial charge in [0.2, 0.25) is 0 Å². The van der Waals surface area contributed by atoms with Crippen LogP contribution in [0.15, 0.2) is 22.7 Å². The third-order valence-electron chi connectivity index (χ3n) is 2.87. The molecule has 0 bridgehead atoms. The van der Waals surface area contributed by atoms with Crippen LogP contribution in [0, 0.1) is 0 Å². The van der Waals surface area contributed by atoms with Crippen LogP contribution in [0.2, 0.25) is 0 Å². The van der Waals surface area contributed by atoms with Gasteiger partial charge in [-0.3, -0.25) is 9.59 Å². The van der Waals surface area contributed by atoms with E-state index in [1.165, 1.54) is 4.90 Å². The highest BCUT2D eigenvalue weighted by atomic mass is 127. The fraction of sp³-hybridized carbons (Fsp3) is 0.333. The van der Waals surface area contributed by atoms with Gasteiger partial charge in [0, 0.05) is 11.0 Å². The number of rotatable bonds is 3. The number of alkyl halides is 4. The van der Waals surface area contributed by atoms with Gasteiger partial charge in [-0.2, -0.15) is 13.2 Å². The van der Waals surface area contributed by atoms with Crippen molar-refractivity contribution in [1.82, 2.24) is 10.2 Å². The molecule has 0 saturated heterocycles. The highest BCUT2D eigenvalue weighted by molar-refractivity contribution is 14.1. The molecular formula is C12H9BrF3IN2O2. The van der Waals surface area contributed by atoms with Crippen molar-refractivity contribution >= 4 is 50.3 Å². The molecule has 0 aliphatic carbocycles. The minimum absolute atomic E-state index is 0.195. The molecular weight excluding hydrogens is 468 g/mol. The standard InChI is InChI=1S/C12H9BrF3IN2O2/c13-7-3-1-2-6-4-19(11(21)8(6)7)9(17)10(20)18-5-12(14,15)16/h1-3,9H,4-5H2,(H,18,20). The van der Waals surface area contributed by atoms with Crippen LogP contribution in [0.4, 0.5) is 13.2 Å². The summed E-state index contributed by atoms with van der Waals surface area (Å²) in [5, 5.41) is 1.78. The molecule has 1 aliphatic rings. The molecule has 1 aliphatic heterocycles. The Morgan fingerprint density at radius 1 is 1.48 bits per heavy atom. The lowest BCUT2D eigenvalue weighted by atomic mass is 10.1. The molecule has 9 heteroatoms. The number of benzene rings is 1. The van der Waals surface area contributed by atoms with Gasteiger partial charge in [-0.15, -0.1) is 0 Å². The van der Waals surface area contributed by atoms with E-state index >= 15 is 0 Å². The van der Waals surface area contributed by atoms with Gasteiger partial charge >= 0.3 is 6.18 Å². The highest BCUT2D eigenvalue weighted by Gasteiger charge is 2.37. The zero-order chi connectivity index (χ0) is 15.8. The van der Waals surface area contributed by atoms with Crippen LogP contribution < -0.4 is 5.32 Å². The predicted molar refractivity (Wildman–Crippen MR) is 80.9 cm³/mol. The molecule has 1 atom stereocenters. The van der Waals surface area contributed by atoms with Crippen molar-refractivity contribution in [3.63, 3.8) is 0 Å². The number of fused-ring (bicyclic) bond motifs is 1. The molecule has 2 amide bonds. The quantitative estimate of drug-likeness (QED) is 0.414. The SMILES string of the molecule is O=C(NCC(F)(F)F)C(I)N1Cc2cccc(Br)c2C1=O. The van der Waals surface area contributed by atoms with E-state index in [0.29, 0.717) is 10.0 Å². The van der Waals surface area contributed by atoms with E-state index in [9.17, 15) is 22.8 Å². The Kier molecular flexibility index (Phi) is 4.81. The van der Waals surface area contributed by atoms with Crippen LogP contribution in [0.25, 0.3) is 0 Å². The van der Waals surface area contributed by atoms with Crippen molar-refractivity contribution in [1.29, 1.82) is 0 Å².